The smallest absolute Gasteiger partial charge is 0.128 e. The van der Waals surface area contributed by atoms with Gasteiger partial charge in [0.15, 0.2) is 0 Å². The molecule has 4 heteroatoms. The Morgan fingerprint density at radius 2 is 1.84 bits per heavy atom. The molecule has 3 nitrogen and oxygen atoms in total. The Labute approximate surface area is 111 Å². The first-order valence-electron chi connectivity index (χ1n) is 6.00. The standard InChI is InChI=1S/C15H14FN3/c16-13-5-3-7-15(12(13)8-9-17)19-14-6-2-1-4-11(14)10-18/h1-7,19H,8-9,17H2. The Morgan fingerprint density at radius 1 is 1.11 bits per heavy atom. The normalized spacial score (nSPS) is 9.95. The van der Waals surface area contributed by atoms with E-state index in [-0.39, 0.29) is 5.82 Å². The highest BCUT2D eigenvalue weighted by Crippen LogP contribution is 2.25. The van der Waals surface area contributed by atoms with Crippen LogP contribution in [-0.2, 0) is 6.42 Å². The molecule has 0 amide bonds. The monoisotopic (exact) mass is 255 g/mol. The van der Waals surface area contributed by atoms with Crippen LogP contribution in [0.15, 0.2) is 42.5 Å². The van der Waals surface area contributed by atoms with Gasteiger partial charge in [0.1, 0.15) is 11.9 Å². The van der Waals surface area contributed by atoms with Crippen molar-refractivity contribution >= 4 is 11.4 Å². The van der Waals surface area contributed by atoms with Crippen molar-refractivity contribution in [3.05, 3.63) is 59.4 Å². The molecule has 0 saturated carbocycles. The summed E-state index contributed by atoms with van der Waals surface area (Å²) in [5.41, 5.74) is 7.87. The number of hydrogen-bond acceptors (Lipinski definition) is 3. The Hall–Kier alpha value is -2.38. The van der Waals surface area contributed by atoms with Crippen LogP contribution < -0.4 is 11.1 Å². The SMILES string of the molecule is N#Cc1ccccc1Nc1cccc(F)c1CCN. The molecule has 0 spiro atoms. The molecule has 96 valence electrons. The van der Waals surface area contributed by atoms with Crippen LogP contribution in [0.3, 0.4) is 0 Å². The van der Waals surface area contributed by atoms with E-state index in [9.17, 15) is 4.39 Å². The fraction of sp³-hybridized carbons (Fsp3) is 0.133. The minimum absolute atomic E-state index is 0.287. The number of nitrogens with zero attached hydrogens (tertiary/aromatic N) is 1. The van der Waals surface area contributed by atoms with E-state index in [1.165, 1.54) is 6.07 Å². The maximum absolute atomic E-state index is 13.8. The van der Waals surface area contributed by atoms with Gasteiger partial charge < -0.3 is 11.1 Å². The number of rotatable bonds is 4. The van der Waals surface area contributed by atoms with Gasteiger partial charge in [-0.05, 0) is 37.2 Å². The van der Waals surface area contributed by atoms with Crippen LogP contribution in [0.5, 0.6) is 0 Å². The molecular weight excluding hydrogens is 241 g/mol. The van der Waals surface area contributed by atoms with E-state index in [4.69, 9.17) is 11.0 Å². The van der Waals surface area contributed by atoms with Crippen LogP contribution in [0.2, 0.25) is 0 Å². The van der Waals surface area contributed by atoms with Crippen LogP contribution in [0.4, 0.5) is 15.8 Å². The van der Waals surface area contributed by atoms with Gasteiger partial charge in [-0.1, -0.05) is 18.2 Å². The first kappa shape index (κ1) is 13.1. The molecule has 0 aliphatic rings. The van der Waals surface area contributed by atoms with Crippen LogP contribution in [-0.4, -0.2) is 6.54 Å². The molecular formula is C15H14FN3. The minimum Gasteiger partial charge on any atom is -0.354 e. The molecule has 2 aromatic rings. The van der Waals surface area contributed by atoms with Crippen LogP contribution in [0.25, 0.3) is 0 Å². The predicted molar refractivity (Wildman–Crippen MR) is 73.6 cm³/mol. The average molecular weight is 255 g/mol. The van der Waals surface area contributed by atoms with E-state index in [1.807, 2.05) is 6.07 Å². The fourth-order valence-corrected chi connectivity index (χ4v) is 1.91. The quantitative estimate of drug-likeness (QED) is 0.883. The molecule has 2 aromatic carbocycles. The molecule has 0 aromatic heterocycles. The van der Waals surface area contributed by atoms with Gasteiger partial charge in [0.25, 0.3) is 0 Å². The largest absolute Gasteiger partial charge is 0.354 e. The second-order valence-corrected chi connectivity index (χ2v) is 4.09. The van der Waals surface area contributed by atoms with Crippen molar-refractivity contribution < 1.29 is 4.39 Å². The van der Waals surface area contributed by atoms with Gasteiger partial charge in [-0.3, -0.25) is 0 Å². The van der Waals surface area contributed by atoms with Gasteiger partial charge in [0, 0.05) is 11.3 Å². The molecule has 2 rings (SSSR count). The van der Waals surface area contributed by atoms with E-state index in [1.54, 1.807) is 30.3 Å². The topological polar surface area (TPSA) is 61.8 Å². The summed E-state index contributed by atoms with van der Waals surface area (Å²) in [6.07, 6.45) is 0.448. The minimum atomic E-state index is -0.287. The van der Waals surface area contributed by atoms with Crippen molar-refractivity contribution in [1.82, 2.24) is 0 Å². The third-order valence-electron chi connectivity index (χ3n) is 2.83. The Kier molecular flexibility index (Phi) is 4.11. The third kappa shape index (κ3) is 2.90. The molecule has 3 N–H and O–H groups in total. The lowest BCUT2D eigenvalue weighted by atomic mass is 10.1. The van der Waals surface area contributed by atoms with E-state index < -0.39 is 0 Å². The molecule has 0 aliphatic carbocycles. The molecule has 0 saturated heterocycles. The van der Waals surface area contributed by atoms with Crippen molar-refractivity contribution in [2.24, 2.45) is 5.73 Å². The van der Waals surface area contributed by atoms with Crippen molar-refractivity contribution in [2.75, 3.05) is 11.9 Å². The molecule has 0 bridgehead atoms. The maximum atomic E-state index is 13.8. The number of nitrogens with two attached hydrogens (primary N) is 1. The van der Waals surface area contributed by atoms with Crippen molar-refractivity contribution in [3.8, 4) is 6.07 Å². The molecule has 0 unspecified atom stereocenters. The fourth-order valence-electron chi connectivity index (χ4n) is 1.91. The molecule has 0 fully saturated rings. The van der Waals surface area contributed by atoms with Gasteiger partial charge in [-0.25, -0.2) is 4.39 Å². The zero-order valence-corrected chi connectivity index (χ0v) is 10.4. The lowest BCUT2D eigenvalue weighted by Gasteiger charge is -2.13. The zero-order chi connectivity index (χ0) is 13.7. The first-order chi connectivity index (χ1) is 9.26. The highest BCUT2D eigenvalue weighted by molar-refractivity contribution is 5.68. The summed E-state index contributed by atoms with van der Waals surface area (Å²) in [5, 5.41) is 12.1. The molecule has 0 atom stereocenters. The average Bonchev–Trinajstić information content (AvgIpc) is 2.43. The highest BCUT2D eigenvalue weighted by atomic mass is 19.1. The van der Waals surface area contributed by atoms with Gasteiger partial charge in [0.05, 0.1) is 11.3 Å². The maximum Gasteiger partial charge on any atom is 0.128 e. The summed E-state index contributed by atoms with van der Waals surface area (Å²) >= 11 is 0. The highest BCUT2D eigenvalue weighted by Gasteiger charge is 2.09. The van der Waals surface area contributed by atoms with Crippen LogP contribution >= 0.6 is 0 Å². The Balaban J connectivity index is 2.38. The van der Waals surface area contributed by atoms with E-state index in [0.717, 1.165) is 0 Å². The second kappa shape index (κ2) is 5.98. The summed E-state index contributed by atoms with van der Waals surface area (Å²) in [6, 6.07) is 14.0. The third-order valence-corrected chi connectivity index (χ3v) is 2.83. The number of para-hydroxylation sites is 1. The molecule has 0 radical (unpaired) electrons. The summed E-state index contributed by atoms with van der Waals surface area (Å²) in [6.45, 7) is 0.371. The van der Waals surface area contributed by atoms with Gasteiger partial charge in [-0.2, -0.15) is 5.26 Å². The molecule has 0 heterocycles. The summed E-state index contributed by atoms with van der Waals surface area (Å²) in [5.74, 6) is -0.287. The summed E-state index contributed by atoms with van der Waals surface area (Å²) < 4.78 is 13.8. The van der Waals surface area contributed by atoms with Crippen molar-refractivity contribution in [3.63, 3.8) is 0 Å². The number of hydrogen-bond donors (Lipinski definition) is 2. The summed E-state index contributed by atoms with van der Waals surface area (Å²) in [4.78, 5) is 0. The predicted octanol–water partition coefficient (Wildman–Crippen LogP) is 2.94. The van der Waals surface area contributed by atoms with Gasteiger partial charge in [0.2, 0.25) is 0 Å². The van der Waals surface area contributed by atoms with Crippen LogP contribution in [0, 0.1) is 17.1 Å². The lowest BCUT2D eigenvalue weighted by Crippen LogP contribution is -2.07. The lowest BCUT2D eigenvalue weighted by molar-refractivity contribution is 0.610. The van der Waals surface area contributed by atoms with Crippen molar-refractivity contribution in [2.45, 2.75) is 6.42 Å². The number of anilines is 2. The molecule has 0 aliphatic heterocycles. The Bertz CT molecular complexity index is 617. The summed E-state index contributed by atoms with van der Waals surface area (Å²) in [7, 11) is 0. The number of nitriles is 1. The van der Waals surface area contributed by atoms with Crippen LogP contribution in [0.1, 0.15) is 11.1 Å². The first-order valence-corrected chi connectivity index (χ1v) is 6.00. The van der Waals surface area contributed by atoms with E-state index in [0.29, 0.717) is 35.5 Å². The number of benzene rings is 2. The Morgan fingerprint density at radius 3 is 2.58 bits per heavy atom. The van der Waals surface area contributed by atoms with Gasteiger partial charge in [-0.15, -0.1) is 0 Å². The van der Waals surface area contributed by atoms with E-state index >= 15 is 0 Å². The number of nitrogens with one attached hydrogen (secondary N) is 1. The van der Waals surface area contributed by atoms with Crippen molar-refractivity contribution in [1.29, 1.82) is 5.26 Å². The second-order valence-electron chi connectivity index (χ2n) is 4.09. The van der Waals surface area contributed by atoms with Gasteiger partial charge >= 0.3 is 0 Å². The van der Waals surface area contributed by atoms with E-state index in [2.05, 4.69) is 11.4 Å². The zero-order valence-electron chi connectivity index (χ0n) is 10.4. The number of halogens is 1. The molecule has 19 heavy (non-hydrogen) atoms.